The summed E-state index contributed by atoms with van der Waals surface area (Å²) in [6.45, 7) is 7.57. The highest BCUT2D eigenvalue weighted by Gasteiger charge is 2.40. The first-order chi connectivity index (χ1) is 9.72. The van der Waals surface area contributed by atoms with Crippen LogP contribution < -0.4 is 5.32 Å². The predicted octanol–water partition coefficient (Wildman–Crippen LogP) is 2.81. The van der Waals surface area contributed by atoms with Crippen molar-refractivity contribution in [1.29, 1.82) is 0 Å². The van der Waals surface area contributed by atoms with Crippen molar-refractivity contribution in [3.05, 3.63) is 35.9 Å². The van der Waals surface area contributed by atoms with Crippen LogP contribution in [-0.2, 0) is 11.3 Å². The van der Waals surface area contributed by atoms with Crippen LogP contribution in [0.3, 0.4) is 0 Å². The van der Waals surface area contributed by atoms with Gasteiger partial charge in [0.15, 0.2) is 0 Å². The van der Waals surface area contributed by atoms with Crippen molar-refractivity contribution in [2.45, 2.75) is 39.7 Å². The van der Waals surface area contributed by atoms with Crippen molar-refractivity contribution in [1.82, 2.24) is 10.2 Å². The van der Waals surface area contributed by atoms with Crippen molar-refractivity contribution in [2.75, 3.05) is 19.6 Å². The molecule has 1 aromatic rings. The molecule has 0 aromatic heterocycles. The van der Waals surface area contributed by atoms with Crippen molar-refractivity contribution in [3.63, 3.8) is 0 Å². The molecule has 110 valence electrons. The van der Waals surface area contributed by atoms with Crippen LogP contribution in [0.4, 0.5) is 0 Å². The normalized spacial score (nSPS) is 22.5. The lowest BCUT2D eigenvalue weighted by Crippen LogP contribution is -2.51. The lowest BCUT2D eigenvalue weighted by Gasteiger charge is -2.39. The van der Waals surface area contributed by atoms with E-state index in [1.165, 1.54) is 5.56 Å². The van der Waals surface area contributed by atoms with Gasteiger partial charge in [0.1, 0.15) is 0 Å². The molecule has 3 heteroatoms. The Morgan fingerprint density at radius 3 is 2.60 bits per heavy atom. The summed E-state index contributed by atoms with van der Waals surface area (Å²) in [4.78, 5) is 15.0. The van der Waals surface area contributed by atoms with Crippen LogP contribution >= 0.6 is 0 Å². The molecule has 1 fully saturated rings. The Hall–Kier alpha value is -1.35. The lowest BCUT2D eigenvalue weighted by atomic mass is 9.77. The number of hydrogen-bond donors (Lipinski definition) is 1. The lowest BCUT2D eigenvalue weighted by molar-refractivity contribution is -0.144. The molecule has 1 aliphatic heterocycles. The zero-order chi connectivity index (χ0) is 14.4. The highest BCUT2D eigenvalue weighted by atomic mass is 16.2. The van der Waals surface area contributed by atoms with E-state index in [1.54, 1.807) is 0 Å². The quantitative estimate of drug-likeness (QED) is 0.895. The molecule has 20 heavy (non-hydrogen) atoms. The fraction of sp³-hybridized carbons (Fsp3) is 0.588. The van der Waals surface area contributed by atoms with Gasteiger partial charge in [-0.3, -0.25) is 4.79 Å². The Bertz CT molecular complexity index is 424. The van der Waals surface area contributed by atoms with Crippen LogP contribution in [0.1, 0.15) is 38.7 Å². The molecular weight excluding hydrogens is 248 g/mol. The summed E-state index contributed by atoms with van der Waals surface area (Å²) in [5.41, 5.74) is 1.01. The van der Waals surface area contributed by atoms with Crippen LogP contribution in [-0.4, -0.2) is 30.4 Å². The molecule has 0 aliphatic carbocycles. The van der Waals surface area contributed by atoms with Gasteiger partial charge in [0.2, 0.25) is 5.91 Å². The number of piperidine rings is 1. The Labute approximate surface area is 122 Å². The molecule has 1 atom stereocenters. The number of carbonyl (C=O) groups excluding carboxylic acids is 1. The van der Waals surface area contributed by atoms with Gasteiger partial charge in [-0.05, 0) is 38.3 Å². The molecule has 1 amide bonds. The van der Waals surface area contributed by atoms with E-state index in [1.807, 2.05) is 23.1 Å². The summed E-state index contributed by atoms with van der Waals surface area (Å²) in [5, 5.41) is 3.40. The van der Waals surface area contributed by atoms with E-state index in [-0.39, 0.29) is 5.41 Å². The molecule has 0 spiro atoms. The van der Waals surface area contributed by atoms with Crippen LogP contribution in [0, 0.1) is 5.41 Å². The number of rotatable bonds is 5. The highest BCUT2D eigenvalue weighted by molar-refractivity contribution is 5.83. The standard InChI is InChI=1S/C17H26N2O/c1-3-17(11-8-12-18-14-17)16(20)19(4-2)13-15-9-6-5-7-10-15/h5-7,9-10,18H,3-4,8,11-14H2,1-2H3. The summed E-state index contributed by atoms with van der Waals surface area (Å²) < 4.78 is 0. The van der Waals surface area contributed by atoms with Gasteiger partial charge in [-0.15, -0.1) is 0 Å². The Morgan fingerprint density at radius 2 is 2.05 bits per heavy atom. The van der Waals surface area contributed by atoms with Crippen LogP contribution in [0.2, 0.25) is 0 Å². The van der Waals surface area contributed by atoms with Crippen molar-refractivity contribution in [3.8, 4) is 0 Å². The Morgan fingerprint density at radius 1 is 1.30 bits per heavy atom. The van der Waals surface area contributed by atoms with Crippen LogP contribution in [0.25, 0.3) is 0 Å². The third kappa shape index (κ3) is 3.21. The predicted molar refractivity (Wildman–Crippen MR) is 82.4 cm³/mol. The van der Waals surface area contributed by atoms with Gasteiger partial charge in [-0.25, -0.2) is 0 Å². The number of benzene rings is 1. The van der Waals surface area contributed by atoms with Gasteiger partial charge in [-0.1, -0.05) is 37.3 Å². The van der Waals surface area contributed by atoms with E-state index < -0.39 is 0 Å². The summed E-state index contributed by atoms with van der Waals surface area (Å²) in [5.74, 6) is 0.318. The Kier molecular flexibility index (Phi) is 5.18. The minimum absolute atomic E-state index is 0.191. The van der Waals surface area contributed by atoms with E-state index in [9.17, 15) is 4.79 Å². The van der Waals surface area contributed by atoms with Gasteiger partial charge >= 0.3 is 0 Å². The molecule has 2 rings (SSSR count). The van der Waals surface area contributed by atoms with Crippen LogP contribution in [0.5, 0.6) is 0 Å². The largest absolute Gasteiger partial charge is 0.338 e. The molecule has 0 bridgehead atoms. The number of carbonyl (C=O) groups is 1. The van der Waals surface area contributed by atoms with Gasteiger partial charge in [0.25, 0.3) is 0 Å². The van der Waals surface area contributed by atoms with Crippen LogP contribution in [0.15, 0.2) is 30.3 Å². The van der Waals surface area contributed by atoms with E-state index in [2.05, 4.69) is 31.3 Å². The smallest absolute Gasteiger partial charge is 0.230 e. The first-order valence-corrected chi connectivity index (χ1v) is 7.76. The fourth-order valence-electron chi connectivity index (χ4n) is 3.07. The van der Waals surface area contributed by atoms with Gasteiger partial charge in [0, 0.05) is 19.6 Å². The third-order valence-corrected chi connectivity index (χ3v) is 4.49. The topological polar surface area (TPSA) is 32.3 Å². The second-order valence-electron chi connectivity index (χ2n) is 5.72. The van der Waals surface area contributed by atoms with E-state index in [0.717, 1.165) is 45.4 Å². The van der Waals surface area contributed by atoms with Crippen molar-refractivity contribution >= 4 is 5.91 Å². The second-order valence-corrected chi connectivity index (χ2v) is 5.72. The SMILES string of the molecule is CCN(Cc1ccccc1)C(=O)C1(CC)CCCNC1. The Balaban J connectivity index is 2.11. The number of hydrogen-bond acceptors (Lipinski definition) is 2. The molecule has 1 N–H and O–H groups in total. The first kappa shape index (κ1) is 15.0. The molecule has 1 aromatic carbocycles. The van der Waals surface area contributed by atoms with E-state index >= 15 is 0 Å². The third-order valence-electron chi connectivity index (χ3n) is 4.49. The molecule has 3 nitrogen and oxygen atoms in total. The van der Waals surface area contributed by atoms with Gasteiger partial charge in [-0.2, -0.15) is 0 Å². The van der Waals surface area contributed by atoms with Gasteiger partial charge < -0.3 is 10.2 Å². The number of nitrogens with zero attached hydrogens (tertiary/aromatic N) is 1. The molecule has 1 heterocycles. The molecule has 1 aliphatic rings. The highest BCUT2D eigenvalue weighted by Crippen LogP contribution is 2.32. The van der Waals surface area contributed by atoms with Crippen molar-refractivity contribution in [2.24, 2.45) is 5.41 Å². The zero-order valence-corrected chi connectivity index (χ0v) is 12.7. The maximum absolute atomic E-state index is 13.0. The average Bonchev–Trinajstić information content (AvgIpc) is 2.53. The first-order valence-electron chi connectivity index (χ1n) is 7.76. The maximum atomic E-state index is 13.0. The van der Waals surface area contributed by atoms with Crippen molar-refractivity contribution < 1.29 is 4.79 Å². The van der Waals surface area contributed by atoms with E-state index in [0.29, 0.717) is 5.91 Å². The fourth-order valence-corrected chi connectivity index (χ4v) is 3.07. The average molecular weight is 274 g/mol. The summed E-state index contributed by atoms with van der Waals surface area (Å²) >= 11 is 0. The van der Waals surface area contributed by atoms with Gasteiger partial charge in [0.05, 0.1) is 5.41 Å². The second kappa shape index (κ2) is 6.89. The number of nitrogens with one attached hydrogen (secondary N) is 1. The molecule has 1 saturated heterocycles. The summed E-state index contributed by atoms with van der Waals surface area (Å²) in [7, 11) is 0. The molecule has 1 unspecified atom stereocenters. The monoisotopic (exact) mass is 274 g/mol. The summed E-state index contributed by atoms with van der Waals surface area (Å²) in [6.07, 6.45) is 3.03. The molecule has 0 saturated carbocycles. The van der Waals surface area contributed by atoms with E-state index in [4.69, 9.17) is 0 Å². The minimum atomic E-state index is -0.191. The maximum Gasteiger partial charge on any atom is 0.230 e. The molecular formula is C17H26N2O. The molecule has 0 radical (unpaired) electrons. The summed E-state index contributed by atoms with van der Waals surface area (Å²) in [6, 6.07) is 10.3. The zero-order valence-electron chi connectivity index (χ0n) is 12.7. The minimum Gasteiger partial charge on any atom is -0.338 e. The number of amides is 1.